The van der Waals surface area contributed by atoms with E-state index in [4.69, 9.17) is 0 Å². The summed E-state index contributed by atoms with van der Waals surface area (Å²) in [4.78, 5) is 6.04. The number of hydrogen-bond acceptors (Lipinski definition) is 2. The van der Waals surface area contributed by atoms with Gasteiger partial charge in [-0.2, -0.15) is 13.2 Å². The molecular weight excluding hydrogens is 456 g/mol. The van der Waals surface area contributed by atoms with Gasteiger partial charge in [0.15, 0.2) is 5.96 Å². The third kappa shape index (κ3) is 8.11. The molecule has 0 spiro atoms. The minimum atomic E-state index is -4.14. The molecule has 148 valence electrons. The molecule has 1 saturated heterocycles. The van der Waals surface area contributed by atoms with Crippen LogP contribution >= 0.6 is 24.0 Å². The fraction of sp³-hybridized carbons (Fsp3) is 0.611. The number of halogens is 4. The molecule has 0 radical (unpaired) electrons. The molecule has 26 heavy (non-hydrogen) atoms. The number of aliphatic imine (C=N–C) groups is 1. The third-order valence-corrected chi connectivity index (χ3v) is 4.25. The summed E-state index contributed by atoms with van der Waals surface area (Å²) in [6.07, 6.45) is -3.45. The number of nitrogens with zero attached hydrogens (tertiary/aromatic N) is 2. The molecule has 4 nitrogen and oxygen atoms in total. The summed E-state index contributed by atoms with van der Waals surface area (Å²) in [5.41, 5.74) is 1.22. The smallest absolute Gasteiger partial charge is 0.357 e. The highest BCUT2D eigenvalue weighted by molar-refractivity contribution is 14.0. The van der Waals surface area contributed by atoms with Gasteiger partial charge in [0, 0.05) is 38.1 Å². The highest BCUT2D eigenvalue weighted by atomic mass is 127. The van der Waals surface area contributed by atoms with Gasteiger partial charge in [-0.3, -0.25) is 9.89 Å². The zero-order valence-electron chi connectivity index (χ0n) is 15.2. The molecular formula is C18H28F3IN4. The highest BCUT2D eigenvalue weighted by Gasteiger charge is 2.34. The SMILES string of the molecule is CCNC(=NCC(C)c1ccccc1)NC1CCN(CC(F)(F)F)C1.I. The van der Waals surface area contributed by atoms with Crippen LogP contribution in [0.1, 0.15) is 31.7 Å². The summed E-state index contributed by atoms with van der Waals surface area (Å²) in [6, 6.07) is 10.1. The van der Waals surface area contributed by atoms with E-state index in [-0.39, 0.29) is 35.9 Å². The van der Waals surface area contributed by atoms with Gasteiger partial charge in [0.2, 0.25) is 0 Å². The Bertz CT molecular complexity index is 551. The van der Waals surface area contributed by atoms with Crippen LogP contribution in [0.25, 0.3) is 0 Å². The van der Waals surface area contributed by atoms with Gasteiger partial charge in [0.05, 0.1) is 6.54 Å². The Morgan fingerprint density at radius 3 is 2.62 bits per heavy atom. The van der Waals surface area contributed by atoms with Gasteiger partial charge in [-0.15, -0.1) is 24.0 Å². The molecule has 1 aromatic rings. The summed E-state index contributed by atoms with van der Waals surface area (Å²) in [5, 5.41) is 6.45. The van der Waals surface area contributed by atoms with Crippen molar-refractivity contribution in [1.29, 1.82) is 0 Å². The van der Waals surface area contributed by atoms with Gasteiger partial charge < -0.3 is 10.6 Å². The van der Waals surface area contributed by atoms with E-state index in [0.717, 1.165) is 0 Å². The summed E-state index contributed by atoms with van der Waals surface area (Å²) >= 11 is 0. The number of guanidine groups is 1. The number of benzene rings is 1. The van der Waals surface area contributed by atoms with E-state index < -0.39 is 12.7 Å². The second kappa shape index (κ2) is 11.0. The van der Waals surface area contributed by atoms with E-state index in [2.05, 4.69) is 34.7 Å². The molecule has 1 aliphatic heterocycles. The number of rotatable bonds is 6. The van der Waals surface area contributed by atoms with Crippen molar-refractivity contribution >= 4 is 29.9 Å². The molecule has 0 saturated carbocycles. The molecule has 1 aromatic carbocycles. The van der Waals surface area contributed by atoms with Crippen molar-refractivity contribution < 1.29 is 13.2 Å². The summed E-state index contributed by atoms with van der Waals surface area (Å²) in [5.74, 6) is 0.950. The first-order valence-corrected chi connectivity index (χ1v) is 8.76. The van der Waals surface area contributed by atoms with E-state index in [0.29, 0.717) is 38.6 Å². The van der Waals surface area contributed by atoms with E-state index >= 15 is 0 Å². The van der Waals surface area contributed by atoms with Gasteiger partial charge in [-0.25, -0.2) is 0 Å². The lowest BCUT2D eigenvalue weighted by molar-refractivity contribution is -0.143. The molecule has 2 rings (SSSR count). The Morgan fingerprint density at radius 2 is 2.00 bits per heavy atom. The molecule has 0 aromatic heterocycles. The average molecular weight is 484 g/mol. The first-order chi connectivity index (χ1) is 11.9. The van der Waals surface area contributed by atoms with E-state index in [1.54, 1.807) is 0 Å². The van der Waals surface area contributed by atoms with Crippen LogP contribution in [0.2, 0.25) is 0 Å². The fourth-order valence-electron chi connectivity index (χ4n) is 2.98. The van der Waals surface area contributed by atoms with Crippen LogP contribution in [0.4, 0.5) is 13.2 Å². The lowest BCUT2D eigenvalue weighted by Gasteiger charge is -2.20. The Morgan fingerprint density at radius 1 is 1.31 bits per heavy atom. The lowest BCUT2D eigenvalue weighted by atomic mass is 10.0. The second-order valence-electron chi connectivity index (χ2n) is 6.51. The molecule has 0 amide bonds. The predicted molar refractivity (Wildman–Crippen MR) is 110 cm³/mol. The average Bonchev–Trinajstić information content (AvgIpc) is 2.98. The van der Waals surface area contributed by atoms with Gasteiger partial charge >= 0.3 is 6.18 Å². The van der Waals surface area contributed by atoms with Gasteiger partial charge in [-0.1, -0.05) is 37.3 Å². The molecule has 2 atom stereocenters. The van der Waals surface area contributed by atoms with E-state index in [1.807, 2.05) is 25.1 Å². The Hall–Kier alpha value is -1.03. The molecule has 0 bridgehead atoms. The maximum absolute atomic E-state index is 12.5. The van der Waals surface area contributed by atoms with Crippen molar-refractivity contribution in [3.8, 4) is 0 Å². The van der Waals surface area contributed by atoms with Crippen LogP contribution in [-0.2, 0) is 0 Å². The molecule has 1 heterocycles. The molecule has 8 heteroatoms. The first-order valence-electron chi connectivity index (χ1n) is 8.76. The first kappa shape index (κ1) is 23.0. The predicted octanol–water partition coefficient (Wildman–Crippen LogP) is 3.60. The lowest BCUT2D eigenvalue weighted by Crippen LogP contribution is -2.45. The number of alkyl halides is 3. The van der Waals surface area contributed by atoms with Crippen molar-refractivity contribution in [3.05, 3.63) is 35.9 Å². The maximum atomic E-state index is 12.5. The fourth-order valence-corrected chi connectivity index (χ4v) is 2.98. The van der Waals surface area contributed by atoms with Crippen LogP contribution in [0.3, 0.4) is 0 Å². The summed E-state index contributed by atoms with van der Waals surface area (Å²) < 4.78 is 37.5. The molecule has 0 aliphatic carbocycles. The minimum Gasteiger partial charge on any atom is -0.357 e. The van der Waals surface area contributed by atoms with E-state index in [9.17, 15) is 13.2 Å². The highest BCUT2D eigenvalue weighted by Crippen LogP contribution is 2.20. The molecule has 2 unspecified atom stereocenters. The van der Waals surface area contributed by atoms with Gasteiger partial charge in [0.1, 0.15) is 0 Å². The third-order valence-electron chi connectivity index (χ3n) is 4.25. The Balaban J connectivity index is 0.00000338. The number of likely N-dealkylation sites (tertiary alicyclic amines) is 1. The quantitative estimate of drug-likeness (QED) is 0.369. The van der Waals surface area contributed by atoms with Crippen molar-refractivity contribution in [2.75, 3.05) is 32.7 Å². The van der Waals surface area contributed by atoms with Crippen molar-refractivity contribution in [3.63, 3.8) is 0 Å². The Labute approximate surface area is 170 Å². The summed E-state index contributed by atoms with van der Waals surface area (Å²) in [6.45, 7) is 5.42. The maximum Gasteiger partial charge on any atom is 0.401 e. The van der Waals surface area contributed by atoms with Crippen LogP contribution in [0.15, 0.2) is 35.3 Å². The van der Waals surface area contributed by atoms with Crippen LogP contribution in [0, 0.1) is 0 Å². The largest absolute Gasteiger partial charge is 0.401 e. The Kier molecular flexibility index (Phi) is 9.70. The minimum absolute atomic E-state index is 0. The zero-order valence-corrected chi connectivity index (χ0v) is 17.6. The topological polar surface area (TPSA) is 39.7 Å². The monoisotopic (exact) mass is 484 g/mol. The molecule has 1 fully saturated rings. The van der Waals surface area contributed by atoms with Crippen molar-refractivity contribution in [2.45, 2.75) is 38.4 Å². The molecule has 1 aliphatic rings. The van der Waals surface area contributed by atoms with Crippen LogP contribution in [-0.4, -0.2) is 55.8 Å². The van der Waals surface area contributed by atoms with Crippen LogP contribution < -0.4 is 10.6 Å². The van der Waals surface area contributed by atoms with Crippen molar-refractivity contribution in [2.24, 2.45) is 4.99 Å². The summed E-state index contributed by atoms with van der Waals surface area (Å²) in [7, 11) is 0. The standard InChI is InChI=1S/C18H27F3N4.HI/c1-3-22-17(23-11-14(2)15-7-5-4-6-8-15)24-16-9-10-25(12-16)13-18(19,20)21;/h4-8,14,16H,3,9-13H2,1-2H3,(H2,22,23,24);1H. The van der Waals surface area contributed by atoms with Gasteiger partial charge in [0.25, 0.3) is 0 Å². The van der Waals surface area contributed by atoms with Crippen molar-refractivity contribution in [1.82, 2.24) is 15.5 Å². The molecule has 2 N–H and O–H groups in total. The number of nitrogens with one attached hydrogen (secondary N) is 2. The van der Waals surface area contributed by atoms with E-state index in [1.165, 1.54) is 10.5 Å². The zero-order chi connectivity index (χ0) is 18.3. The second-order valence-corrected chi connectivity index (χ2v) is 6.51. The number of hydrogen-bond donors (Lipinski definition) is 2. The van der Waals surface area contributed by atoms with Gasteiger partial charge in [-0.05, 0) is 18.9 Å². The van der Waals surface area contributed by atoms with Crippen LogP contribution in [0.5, 0.6) is 0 Å². The normalized spacial score (nSPS) is 19.7.